The molecule has 0 spiro atoms. The molecule has 1 saturated carbocycles. The van der Waals surface area contributed by atoms with Crippen LogP contribution in [0, 0.1) is 5.92 Å². The van der Waals surface area contributed by atoms with Gasteiger partial charge in [0, 0.05) is 19.1 Å². The molecule has 0 aromatic carbocycles. The van der Waals surface area contributed by atoms with Crippen LogP contribution in [0.5, 0.6) is 0 Å². The number of amides is 1. The van der Waals surface area contributed by atoms with Gasteiger partial charge in [0.05, 0.1) is 13.2 Å². The molecule has 0 radical (unpaired) electrons. The van der Waals surface area contributed by atoms with Gasteiger partial charge in [0.1, 0.15) is 6.10 Å². The predicted octanol–water partition coefficient (Wildman–Crippen LogP) is 0.0602. The molecule has 132 valence electrons. The smallest absolute Gasteiger partial charge is 0.249 e. The van der Waals surface area contributed by atoms with Gasteiger partial charge in [-0.2, -0.15) is 0 Å². The lowest BCUT2D eigenvalue weighted by atomic mass is 9.90. The third-order valence-corrected chi connectivity index (χ3v) is 5.32. The summed E-state index contributed by atoms with van der Waals surface area (Å²) in [6, 6.07) is 0.331. The zero-order valence-corrected chi connectivity index (χ0v) is 14.1. The van der Waals surface area contributed by atoms with Crippen molar-refractivity contribution in [3.63, 3.8) is 0 Å². The van der Waals surface area contributed by atoms with Crippen LogP contribution >= 0.6 is 0 Å². The molecule has 23 heavy (non-hydrogen) atoms. The van der Waals surface area contributed by atoms with Crippen molar-refractivity contribution in [2.24, 2.45) is 5.92 Å². The summed E-state index contributed by atoms with van der Waals surface area (Å²) >= 11 is 0. The van der Waals surface area contributed by atoms with Crippen molar-refractivity contribution in [1.82, 2.24) is 15.1 Å². The highest BCUT2D eigenvalue weighted by Gasteiger charge is 2.32. The maximum atomic E-state index is 11.9. The fourth-order valence-corrected chi connectivity index (χ4v) is 3.56. The molecule has 6 nitrogen and oxygen atoms in total. The van der Waals surface area contributed by atoms with Gasteiger partial charge in [-0.1, -0.05) is 0 Å². The van der Waals surface area contributed by atoms with Gasteiger partial charge in [0.2, 0.25) is 5.91 Å². The van der Waals surface area contributed by atoms with Crippen molar-refractivity contribution in [2.75, 3.05) is 52.5 Å². The van der Waals surface area contributed by atoms with Crippen LogP contribution in [0.2, 0.25) is 0 Å². The Morgan fingerprint density at radius 3 is 2.26 bits per heavy atom. The fourth-order valence-electron chi connectivity index (χ4n) is 3.56. The summed E-state index contributed by atoms with van der Waals surface area (Å²) in [5.41, 5.74) is 0. The van der Waals surface area contributed by atoms with E-state index in [2.05, 4.69) is 15.1 Å². The quantitative estimate of drug-likeness (QED) is 0.693. The Morgan fingerprint density at radius 2 is 1.65 bits per heavy atom. The largest absolute Gasteiger partial charge is 0.383 e. The number of nitrogens with zero attached hydrogens (tertiary/aromatic N) is 2. The Hall–Kier alpha value is -0.690. The number of morpholine rings is 1. The van der Waals surface area contributed by atoms with Crippen LogP contribution in [0.4, 0.5) is 0 Å². The molecule has 6 heteroatoms. The highest BCUT2D eigenvalue weighted by atomic mass is 16.5. The molecule has 3 fully saturated rings. The second kappa shape index (κ2) is 8.42. The standard InChI is InChI=1S/C17H31N3O3/c21-16(17(22)18-15-2-3-15)14-4-8-19(9-5-14)6-1-7-20-10-12-23-13-11-20/h14-16,21H,1-13H2,(H,18,22). The van der Waals surface area contributed by atoms with Crippen molar-refractivity contribution in [1.29, 1.82) is 0 Å². The molecule has 1 amide bonds. The zero-order chi connectivity index (χ0) is 16.1. The van der Waals surface area contributed by atoms with E-state index in [-0.39, 0.29) is 11.8 Å². The first-order valence-corrected chi connectivity index (χ1v) is 9.23. The Bertz CT molecular complexity index is 375. The number of rotatable bonds is 7. The van der Waals surface area contributed by atoms with Crippen LogP contribution in [-0.2, 0) is 9.53 Å². The molecule has 0 aromatic heterocycles. The zero-order valence-electron chi connectivity index (χ0n) is 14.1. The third kappa shape index (κ3) is 5.41. The highest BCUT2D eigenvalue weighted by molar-refractivity contribution is 5.81. The van der Waals surface area contributed by atoms with Crippen LogP contribution in [-0.4, -0.2) is 85.4 Å². The van der Waals surface area contributed by atoms with Gasteiger partial charge in [0.15, 0.2) is 0 Å². The van der Waals surface area contributed by atoms with Crippen LogP contribution in [0.1, 0.15) is 32.1 Å². The molecule has 3 rings (SSSR count). The summed E-state index contributed by atoms with van der Waals surface area (Å²) in [5, 5.41) is 13.1. The van der Waals surface area contributed by atoms with E-state index in [1.165, 1.54) is 6.42 Å². The van der Waals surface area contributed by atoms with E-state index in [0.29, 0.717) is 6.04 Å². The van der Waals surface area contributed by atoms with E-state index < -0.39 is 6.10 Å². The number of hydrogen-bond acceptors (Lipinski definition) is 5. The maximum absolute atomic E-state index is 11.9. The Balaban J connectivity index is 1.29. The van der Waals surface area contributed by atoms with E-state index >= 15 is 0 Å². The number of likely N-dealkylation sites (tertiary alicyclic amines) is 1. The predicted molar refractivity (Wildman–Crippen MR) is 88.2 cm³/mol. The molecule has 1 unspecified atom stereocenters. The number of carbonyl (C=O) groups excluding carboxylic acids is 1. The minimum Gasteiger partial charge on any atom is -0.383 e. The molecule has 0 aromatic rings. The fraction of sp³-hybridized carbons (Fsp3) is 0.941. The molecule has 2 aliphatic heterocycles. The summed E-state index contributed by atoms with van der Waals surface area (Å²) in [4.78, 5) is 16.9. The Kier molecular flexibility index (Phi) is 6.28. The lowest BCUT2D eigenvalue weighted by Gasteiger charge is -2.34. The number of aliphatic hydroxyl groups is 1. The van der Waals surface area contributed by atoms with Gasteiger partial charge >= 0.3 is 0 Å². The number of hydrogen-bond donors (Lipinski definition) is 2. The second-order valence-electron chi connectivity index (χ2n) is 7.21. The average Bonchev–Trinajstić information content (AvgIpc) is 3.40. The minimum atomic E-state index is -0.814. The minimum absolute atomic E-state index is 0.129. The first-order valence-electron chi connectivity index (χ1n) is 9.23. The summed E-state index contributed by atoms with van der Waals surface area (Å²) in [5.74, 6) is -0.0255. The molecule has 0 bridgehead atoms. The van der Waals surface area contributed by atoms with Gasteiger partial charge in [-0.05, 0) is 64.2 Å². The van der Waals surface area contributed by atoms with Crippen LogP contribution in [0.3, 0.4) is 0 Å². The molecule has 2 saturated heterocycles. The van der Waals surface area contributed by atoms with Crippen LogP contribution in [0.15, 0.2) is 0 Å². The Labute approximate surface area is 139 Å². The number of nitrogens with one attached hydrogen (secondary N) is 1. The summed E-state index contributed by atoms with van der Waals surface area (Å²) in [6.45, 7) is 8.13. The van der Waals surface area contributed by atoms with Crippen molar-refractivity contribution in [3.8, 4) is 0 Å². The molecular formula is C17H31N3O3. The van der Waals surface area contributed by atoms with Gasteiger partial charge in [0.25, 0.3) is 0 Å². The lowest BCUT2D eigenvalue weighted by Crippen LogP contribution is -2.45. The van der Waals surface area contributed by atoms with E-state index in [1.807, 2.05) is 0 Å². The third-order valence-electron chi connectivity index (χ3n) is 5.32. The molecular weight excluding hydrogens is 294 g/mol. The van der Waals surface area contributed by atoms with Gasteiger partial charge in [-0.3, -0.25) is 9.69 Å². The SMILES string of the molecule is O=C(NC1CC1)C(O)C1CCN(CCCN2CCOCC2)CC1. The number of piperidine rings is 1. The van der Waals surface area contributed by atoms with E-state index in [1.54, 1.807) is 0 Å². The van der Waals surface area contributed by atoms with Gasteiger partial charge in [-0.25, -0.2) is 0 Å². The highest BCUT2D eigenvalue weighted by Crippen LogP contribution is 2.23. The monoisotopic (exact) mass is 325 g/mol. The molecule has 1 aliphatic carbocycles. The van der Waals surface area contributed by atoms with Crippen molar-refractivity contribution < 1.29 is 14.6 Å². The van der Waals surface area contributed by atoms with Gasteiger partial charge in [-0.15, -0.1) is 0 Å². The normalized spacial score (nSPS) is 26.1. The topological polar surface area (TPSA) is 65.0 Å². The van der Waals surface area contributed by atoms with Gasteiger partial charge < -0.3 is 20.1 Å². The van der Waals surface area contributed by atoms with E-state index in [4.69, 9.17) is 4.74 Å². The number of aliphatic hydroxyl groups excluding tert-OH is 1. The van der Waals surface area contributed by atoms with Crippen LogP contribution in [0.25, 0.3) is 0 Å². The summed E-state index contributed by atoms with van der Waals surface area (Å²) in [6.07, 6.45) is 4.37. The van der Waals surface area contributed by atoms with E-state index in [0.717, 1.165) is 78.2 Å². The molecule has 3 aliphatic rings. The molecule has 1 atom stereocenters. The maximum Gasteiger partial charge on any atom is 0.249 e. The number of carbonyl (C=O) groups is 1. The summed E-state index contributed by atoms with van der Waals surface area (Å²) < 4.78 is 5.37. The second-order valence-corrected chi connectivity index (χ2v) is 7.21. The first-order chi connectivity index (χ1) is 11.2. The first kappa shape index (κ1) is 17.1. The van der Waals surface area contributed by atoms with E-state index in [9.17, 15) is 9.90 Å². The van der Waals surface area contributed by atoms with Crippen molar-refractivity contribution in [2.45, 2.75) is 44.2 Å². The average molecular weight is 325 g/mol. The van der Waals surface area contributed by atoms with Crippen molar-refractivity contribution >= 4 is 5.91 Å². The number of ether oxygens (including phenoxy) is 1. The summed E-state index contributed by atoms with van der Waals surface area (Å²) in [7, 11) is 0. The van der Waals surface area contributed by atoms with Crippen LogP contribution < -0.4 is 5.32 Å². The Morgan fingerprint density at radius 1 is 1.04 bits per heavy atom. The lowest BCUT2D eigenvalue weighted by molar-refractivity contribution is -0.133. The van der Waals surface area contributed by atoms with Crippen molar-refractivity contribution in [3.05, 3.63) is 0 Å². The molecule has 2 N–H and O–H groups in total. The molecule has 2 heterocycles.